The van der Waals surface area contributed by atoms with Crippen LogP contribution in [0, 0.1) is 13.8 Å². The Hall–Kier alpha value is -2.69. The summed E-state index contributed by atoms with van der Waals surface area (Å²) in [6.45, 7) is 5.71. The lowest BCUT2D eigenvalue weighted by molar-refractivity contribution is -0.130. The molecule has 1 amide bonds. The maximum absolute atomic E-state index is 12.7. The van der Waals surface area contributed by atoms with Gasteiger partial charge in [0.05, 0.1) is 20.8 Å². The number of methoxy groups -OCH3 is 2. The number of rotatable bonds is 5. The maximum Gasteiger partial charge on any atom is 0.242 e. The lowest BCUT2D eigenvalue weighted by Gasteiger charge is -2.30. The molecule has 0 fully saturated rings. The van der Waals surface area contributed by atoms with E-state index in [4.69, 9.17) is 9.47 Å². The molecule has 5 nitrogen and oxygen atoms in total. The quantitative estimate of drug-likeness (QED) is 0.895. The minimum absolute atomic E-state index is 0.103. The van der Waals surface area contributed by atoms with Gasteiger partial charge in [-0.3, -0.25) is 4.79 Å². The predicted octanol–water partition coefficient (Wildman–Crippen LogP) is 3.32. The second kappa shape index (κ2) is 7.68. The summed E-state index contributed by atoms with van der Waals surface area (Å²) in [4.78, 5) is 14.6. The van der Waals surface area contributed by atoms with Crippen LogP contribution in [0.2, 0.25) is 0 Å². The molecule has 138 valence electrons. The highest BCUT2D eigenvalue weighted by atomic mass is 16.5. The lowest BCUT2D eigenvalue weighted by Crippen LogP contribution is -2.39. The average Bonchev–Trinajstić information content (AvgIpc) is 2.66. The molecule has 1 aliphatic heterocycles. The number of ether oxygens (including phenoxy) is 2. The van der Waals surface area contributed by atoms with E-state index in [-0.39, 0.29) is 5.91 Å². The minimum Gasteiger partial charge on any atom is -0.493 e. The third-order valence-corrected chi connectivity index (χ3v) is 4.89. The SMILES string of the molecule is COc1cc2c(cc1OC)CN(C(=O)CNc1cc(C)ccc1C)CC2. The smallest absolute Gasteiger partial charge is 0.242 e. The molecule has 1 aliphatic rings. The summed E-state index contributed by atoms with van der Waals surface area (Å²) in [5.41, 5.74) is 5.67. The van der Waals surface area contributed by atoms with Crippen LogP contribution in [0.25, 0.3) is 0 Å². The van der Waals surface area contributed by atoms with Crippen LogP contribution in [-0.2, 0) is 17.8 Å². The molecule has 0 saturated carbocycles. The van der Waals surface area contributed by atoms with Gasteiger partial charge in [-0.1, -0.05) is 12.1 Å². The van der Waals surface area contributed by atoms with Gasteiger partial charge in [0.15, 0.2) is 11.5 Å². The first-order chi connectivity index (χ1) is 12.5. The van der Waals surface area contributed by atoms with E-state index in [1.54, 1.807) is 14.2 Å². The van der Waals surface area contributed by atoms with Gasteiger partial charge in [0, 0.05) is 18.8 Å². The first kappa shape index (κ1) is 18.1. The molecule has 0 radical (unpaired) electrons. The molecule has 0 spiro atoms. The van der Waals surface area contributed by atoms with E-state index in [0.717, 1.165) is 35.5 Å². The molecular weight excluding hydrogens is 328 g/mol. The van der Waals surface area contributed by atoms with E-state index in [9.17, 15) is 4.79 Å². The number of benzene rings is 2. The first-order valence-corrected chi connectivity index (χ1v) is 8.84. The van der Waals surface area contributed by atoms with Crippen molar-refractivity contribution in [2.24, 2.45) is 0 Å². The fourth-order valence-electron chi connectivity index (χ4n) is 3.30. The molecule has 0 atom stereocenters. The van der Waals surface area contributed by atoms with Gasteiger partial charge < -0.3 is 19.7 Å². The van der Waals surface area contributed by atoms with Gasteiger partial charge >= 0.3 is 0 Å². The Kier molecular flexibility index (Phi) is 5.35. The largest absolute Gasteiger partial charge is 0.493 e. The zero-order valence-electron chi connectivity index (χ0n) is 15.9. The van der Waals surface area contributed by atoms with Gasteiger partial charge in [0.1, 0.15) is 0 Å². The Bertz CT molecular complexity index is 817. The van der Waals surface area contributed by atoms with Gasteiger partial charge in [0.25, 0.3) is 0 Å². The fourth-order valence-corrected chi connectivity index (χ4v) is 3.30. The Morgan fingerprint density at radius 2 is 1.77 bits per heavy atom. The second-order valence-electron chi connectivity index (χ2n) is 6.71. The van der Waals surface area contributed by atoms with Crippen molar-refractivity contribution in [2.45, 2.75) is 26.8 Å². The van der Waals surface area contributed by atoms with Crippen molar-refractivity contribution < 1.29 is 14.3 Å². The summed E-state index contributed by atoms with van der Waals surface area (Å²) in [5, 5.41) is 3.28. The number of hydrogen-bond acceptors (Lipinski definition) is 4. The molecule has 0 bridgehead atoms. The third-order valence-electron chi connectivity index (χ3n) is 4.89. The van der Waals surface area contributed by atoms with Crippen LogP contribution in [0.3, 0.4) is 0 Å². The molecule has 0 saturated heterocycles. The molecule has 26 heavy (non-hydrogen) atoms. The van der Waals surface area contributed by atoms with Gasteiger partial charge in [-0.15, -0.1) is 0 Å². The highest BCUT2D eigenvalue weighted by Gasteiger charge is 2.22. The van der Waals surface area contributed by atoms with Gasteiger partial charge in [-0.25, -0.2) is 0 Å². The van der Waals surface area contributed by atoms with Gasteiger partial charge in [-0.2, -0.15) is 0 Å². The van der Waals surface area contributed by atoms with E-state index in [0.29, 0.717) is 18.8 Å². The number of carbonyl (C=O) groups is 1. The number of nitrogens with one attached hydrogen (secondary N) is 1. The zero-order chi connectivity index (χ0) is 18.7. The number of carbonyl (C=O) groups excluding carboxylic acids is 1. The maximum atomic E-state index is 12.7. The summed E-state index contributed by atoms with van der Waals surface area (Å²) < 4.78 is 10.8. The van der Waals surface area contributed by atoms with Crippen LogP contribution in [0.5, 0.6) is 11.5 Å². The highest BCUT2D eigenvalue weighted by molar-refractivity contribution is 5.81. The Labute approximate surface area is 154 Å². The molecule has 2 aromatic carbocycles. The predicted molar refractivity (Wildman–Crippen MR) is 103 cm³/mol. The van der Waals surface area contributed by atoms with Crippen molar-refractivity contribution in [3.8, 4) is 11.5 Å². The Balaban J connectivity index is 1.68. The van der Waals surface area contributed by atoms with Crippen molar-refractivity contribution in [3.05, 3.63) is 52.6 Å². The molecule has 0 aliphatic carbocycles. The van der Waals surface area contributed by atoms with Crippen LogP contribution >= 0.6 is 0 Å². The van der Waals surface area contributed by atoms with E-state index < -0.39 is 0 Å². The summed E-state index contributed by atoms with van der Waals surface area (Å²) in [7, 11) is 3.27. The third kappa shape index (κ3) is 3.77. The monoisotopic (exact) mass is 354 g/mol. The van der Waals surface area contributed by atoms with Crippen molar-refractivity contribution >= 4 is 11.6 Å². The molecule has 5 heteroatoms. The van der Waals surface area contributed by atoms with Crippen molar-refractivity contribution in [1.29, 1.82) is 0 Å². The summed E-state index contributed by atoms with van der Waals surface area (Å²) in [6, 6.07) is 10.2. The molecule has 1 heterocycles. The minimum atomic E-state index is 0.103. The van der Waals surface area contributed by atoms with Crippen LogP contribution in [0.1, 0.15) is 22.3 Å². The second-order valence-corrected chi connectivity index (χ2v) is 6.71. The number of amides is 1. The highest BCUT2D eigenvalue weighted by Crippen LogP contribution is 2.33. The molecular formula is C21H26N2O3. The van der Waals surface area contributed by atoms with Gasteiger partial charge in [0.2, 0.25) is 5.91 Å². The molecule has 2 aromatic rings. The van der Waals surface area contributed by atoms with E-state index in [1.165, 1.54) is 11.1 Å². The topological polar surface area (TPSA) is 50.8 Å². The Morgan fingerprint density at radius 1 is 1.08 bits per heavy atom. The summed E-state index contributed by atoms with van der Waals surface area (Å²) >= 11 is 0. The van der Waals surface area contributed by atoms with Crippen molar-refractivity contribution in [1.82, 2.24) is 4.90 Å². The summed E-state index contributed by atoms with van der Waals surface area (Å²) in [6.07, 6.45) is 0.824. The lowest BCUT2D eigenvalue weighted by atomic mass is 9.98. The molecule has 3 rings (SSSR count). The van der Waals surface area contributed by atoms with Crippen LogP contribution in [0.15, 0.2) is 30.3 Å². The molecule has 0 aromatic heterocycles. The average molecular weight is 354 g/mol. The van der Waals surface area contributed by atoms with Crippen LogP contribution in [0.4, 0.5) is 5.69 Å². The Morgan fingerprint density at radius 3 is 2.46 bits per heavy atom. The summed E-state index contributed by atoms with van der Waals surface area (Å²) in [5.74, 6) is 1.54. The van der Waals surface area contributed by atoms with Crippen molar-refractivity contribution in [2.75, 3.05) is 32.6 Å². The zero-order valence-corrected chi connectivity index (χ0v) is 15.9. The molecule has 1 N–H and O–H groups in total. The number of anilines is 1. The first-order valence-electron chi connectivity index (χ1n) is 8.84. The number of hydrogen-bond donors (Lipinski definition) is 1. The van der Waals surface area contributed by atoms with Gasteiger partial charge in [-0.05, 0) is 60.7 Å². The standard InChI is InChI=1S/C21H26N2O3/c1-14-5-6-15(2)18(9-14)22-12-21(24)23-8-7-16-10-19(25-3)20(26-4)11-17(16)13-23/h5-6,9-11,22H,7-8,12-13H2,1-4H3. The van der Waals surface area contributed by atoms with E-state index >= 15 is 0 Å². The fraction of sp³-hybridized carbons (Fsp3) is 0.381. The van der Waals surface area contributed by atoms with Crippen LogP contribution < -0.4 is 14.8 Å². The van der Waals surface area contributed by atoms with Crippen LogP contribution in [-0.4, -0.2) is 38.1 Å². The van der Waals surface area contributed by atoms with E-state index in [1.807, 2.05) is 24.0 Å². The number of aryl methyl sites for hydroxylation is 2. The molecule has 0 unspecified atom stereocenters. The van der Waals surface area contributed by atoms with Crippen molar-refractivity contribution in [3.63, 3.8) is 0 Å². The number of nitrogens with zero attached hydrogens (tertiary/aromatic N) is 1. The van der Waals surface area contributed by atoms with E-state index in [2.05, 4.69) is 30.4 Å². The number of fused-ring (bicyclic) bond motifs is 1. The normalized spacial score (nSPS) is 13.2.